The summed E-state index contributed by atoms with van der Waals surface area (Å²) in [5.41, 5.74) is 0.833. The van der Waals surface area contributed by atoms with Crippen LogP contribution in [0.25, 0.3) is 0 Å². The summed E-state index contributed by atoms with van der Waals surface area (Å²) < 4.78 is 22.1. The Hall–Kier alpha value is -4.31. The van der Waals surface area contributed by atoms with Gasteiger partial charge in [-0.05, 0) is 80.5 Å². The van der Waals surface area contributed by atoms with Crippen molar-refractivity contribution < 1.29 is 33.0 Å². The molecular weight excluding hydrogens is 514 g/mol. The molecule has 0 atom stereocenters. The first kappa shape index (κ1) is 27.3. The number of ether oxygens (including phenoxy) is 3. The van der Waals surface area contributed by atoms with Gasteiger partial charge in [-0.25, -0.2) is 0 Å². The molecule has 1 N–H and O–H groups in total. The Kier molecular flexibility index (Phi) is 8.65. The highest BCUT2D eigenvalue weighted by atomic mass is 16.5. The minimum absolute atomic E-state index is 0.0935. The number of Topliss-reactive ketones (excluding diaryl/α,β-unsaturated/α-hetero) is 1. The molecule has 3 heterocycles. The van der Waals surface area contributed by atoms with Gasteiger partial charge in [0.15, 0.2) is 24.8 Å². The van der Waals surface area contributed by atoms with E-state index in [2.05, 4.69) is 10.2 Å². The van der Waals surface area contributed by atoms with E-state index >= 15 is 0 Å². The Morgan fingerprint density at radius 2 is 1.75 bits per heavy atom. The Bertz CT molecular complexity index is 1350. The molecule has 2 aliphatic heterocycles. The van der Waals surface area contributed by atoms with Gasteiger partial charge in [0.1, 0.15) is 23.0 Å². The number of benzene rings is 2. The van der Waals surface area contributed by atoms with E-state index < -0.39 is 0 Å². The number of methoxy groups -OCH3 is 1. The number of nitrogens with zero attached hydrogens (tertiary/aromatic N) is 2. The third kappa shape index (κ3) is 6.63. The van der Waals surface area contributed by atoms with Crippen molar-refractivity contribution in [3.05, 3.63) is 71.7 Å². The molecule has 2 aromatic carbocycles. The largest absolute Gasteiger partial charge is 0.497 e. The van der Waals surface area contributed by atoms with Crippen molar-refractivity contribution in [2.75, 3.05) is 51.4 Å². The van der Waals surface area contributed by atoms with Crippen LogP contribution in [0, 0.1) is 0 Å². The third-order valence-corrected chi connectivity index (χ3v) is 7.01. The number of nitrogens with one attached hydrogen (secondary N) is 1. The highest BCUT2D eigenvalue weighted by Crippen LogP contribution is 2.34. The lowest BCUT2D eigenvalue weighted by Gasteiger charge is -2.29. The van der Waals surface area contributed by atoms with Crippen molar-refractivity contribution in [1.82, 2.24) is 10.2 Å². The lowest BCUT2D eigenvalue weighted by atomic mass is 10.1. The maximum Gasteiger partial charge on any atom is 0.287 e. The number of hydrogen-bond acceptors (Lipinski definition) is 8. The highest BCUT2D eigenvalue weighted by molar-refractivity contribution is 6.02. The third-order valence-electron chi connectivity index (χ3n) is 7.01. The van der Waals surface area contributed by atoms with Crippen molar-refractivity contribution >= 4 is 23.3 Å². The number of anilines is 1. The first-order valence-electron chi connectivity index (χ1n) is 13.5. The monoisotopic (exact) mass is 547 g/mol. The van der Waals surface area contributed by atoms with E-state index in [9.17, 15) is 14.4 Å². The summed E-state index contributed by atoms with van der Waals surface area (Å²) in [6, 6.07) is 15.2. The van der Waals surface area contributed by atoms with Crippen LogP contribution in [0.1, 0.15) is 45.9 Å². The zero-order valence-electron chi connectivity index (χ0n) is 22.5. The molecule has 3 aromatic rings. The number of amides is 2. The van der Waals surface area contributed by atoms with Crippen LogP contribution in [-0.2, 0) is 11.3 Å². The molecular formula is C30H33N3O7. The van der Waals surface area contributed by atoms with Crippen molar-refractivity contribution in [3.63, 3.8) is 0 Å². The fourth-order valence-corrected chi connectivity index (χ4v) is 4.79. The molecule has 1 fully saturated rings. The molecule has 1 saturated heterocycles. The molecule has 10 nitrogen and oxygen atoms in total. The number of carbonyl (C=O) groups is 3. The second-order valence-electron chi connectivity index (χ2n) is 9.76. The van der Waals surface area contributed by atoms with E-state index in [0.29, 0.717) is 40.8 Å². The zero-order valence-corrected chi connectivity index (χ0v) is 22.5. The van der Waals surface area contributed by atoms with E-state index in [1.165, 1.54) is 24.2 Å². The van der Waals surface area contributed by atoms with Crippen molar-refractivity contribution in [1.29, 1.82) is 0 Å². The van der Waals surface area contributed by atoms with Gasteiger partial charge in [-0.1, -0.05) is 6.42 Å². The van der Waals surface area contributed by atoms with Gasteiger partial charge in [-0.3, -0.25) is 19.3 Å². The lowest BCUT2D eigenvalue weighted by molar-refractivity contribution is -0.121. The molecule has 1 aromatic heterocycles. The standard InChI is InChI=1S/C30H33N3O7/c1-37-22-6-8-23(9-7-22)38-19-26(34)21-5-11-27-25(17-21)33(29(35)20-39-27)18-24-10-12-28(40-24)30(36)31-13-16-32-14-3-2-4-15-32/h5-12,17H,2-4,13-16,18-20H2,1H3,(H,31,36). The summed E-state index contributed by atoms with van der Waals surface area (Å²) in [4.78, 5) is 42.1. The maximum absolute atomic E-state index is 12.9. The van der Waals surface area contributed by atoms with Crippen LogP contribution in [0.3, 0.4) is 0 Å². The quantitative estimate of drug-likeness (QED) is 0.362. The second kappa shape index (κ2) is 12.7. The summed E-state index contributed by atoms with van der Waals surface area (Å²) in [6.45, 7) is 3.28. The Morgan fingerprint density at radius 3 is 2.52 bits per heavy atom. The summed E-state index contributed by atoms with van der Waals surface area (Å²) in [5, 5.41) is 2.91. The highest BCUT2D eigenvalue weighted by Gasteiger charge is 2.28. The first-order chi connectivity index (χ1) is 19.5. The summed E-state index contributed by atoms with van der Waals surface area (Å²) in [7, 11) is 1.58. The average molecular weight is 548 g/mol. The molecule has 2 aliphatic rings. The molecule has 0 unspecified atom stereocenters. The molecule has 0 radical (unpaired) electrons. The van der Waals surface area contributed by atoms with Gasteiger partial charge in [0.2, 0.25) is 0 Å². The number of furan rings is 1. The van der Waals surface area contributed by atoms with E-state index in [1.807, 2.05) is 0 Å². The van der Waals surface area contributed by atoms with Gasteiger partial charge in [-0.2, -0.15) is 0 Å². The van der Waals surface area contributed by atoms with E-state index in [1.54, 1.807) is 61.7 Å². The van der Waals surface area contributed by atoms with E-state index in [0.717, 1.165) is 19.6 Å². The topological polar surface area (TPSA) is 111 Å². The normalized spacial score (nSPS) is 15.2. The number of rotatable bonds is 11. The molecule has 0 spiro atoms. The van der Waals surface area contributed by atoms with Crippen molar-refractivity contribution in [3.8, 4) is 17.2 Å². The molecule has 0 bridgehead atoms. The Balaban J connectivity index is 1.21. The number of hydrogen-bond donors (Lipinski definition) is 1. The summed E-state index contributed by atoms with van der Waals surface area (Å²) >= 11 is 0. The summed E-state index contributed by atoms with van der Waals surface area (Å²) in [5.74, 6) is 1.52. The summed E-state index contributed by atoms with van der Waals surface area (Å²) in [6.07, 6.45) is 3.67. The minimum atomic E-state index is -0.290. The number of ketones is 1. The molecule has 210 valence electrons. The van der Waals surface area contributed by atoms with Gasteiger partial charge >= 0.3 is 0 Å². The Labute approximate surface area is 232 Å². The second-order valence-corrected chi connectivity index (χ2v) is 9.76. The van der Waals surface area contributed by atoms with Gasteiger partial charge in [0.05, 0.1) is 19.3 Å². The fraction of sp³-hybridized carbons (Fsp3) is 0.367. The van der Waals surface area contributed by atoms with Gasteiger partial charge in [-0.15, -0.1) is 0 Å². The van der Waals surface area contributed by atoms with Gasteiger partial charge in [0, 0.05) is 18.7 Å². The molecule has 0 saturated carbocycles. The predicted octanol–water partition coefficient (Wildman–Crippen LogP) is 3.69. The lowest BCUT2D eigenvalue weighted by Crippen LogP contribution is -2.38. The van der Waals surface area contributed by atoms with Crippen molar-refractivity contribution in [2.24, 2.45) is 0 Å². The van der Waals surface area contributed by atoms with Crippen LogP contribution in [0.2, 0.25) is 0 Å². The van der Waals surface area contributed by atoms with Crippen molar-refractivity contribution in [2.45, 2.75) is 25.8 Å². The SMILES string of the molecule is COc1ccc(OCC(=O)c2ccc3c(c2)N(Cc2ccc(C(=O)NCCN4CCCCC4)o2)C(=O)CO3)cc1. The van der Waals surface area contributed by atoms with Crippen LogP contribution in [-0.4, -0.2) is 69.0 Å². The first-order valence-corrected chi connectivity index (χ1v) is 13.5. The predicted molar refractivity (Wildman–Crippen MR) is 147 cm³/mol. The molecule has 0 aliphatic carbocycles. The smallest absolute Gasteiger partial charge is 0.287 e. The molecule has 5 rings (SSSR count). The fourth-order valence-electron chi connectivity index (χ4n) is 4.79. The van der Waals surface area contributed by atoms with Crippen LogP contribution in [0.15, 0.2) is 59.0 Å². The number of carbonyl (C=O) groups excluding carboxylic acids is 3. The maximum atomic E-state index is 12.9. The van der Waals surface area contributed by atoms with Gasteiger partial charge in [0.25, 0.3) is 11.8 Å². The number of likely N-dealkylation sites (tertiary alicyclic amines) is 1. The number of piperidine rings is 1. The van der Waals surface area contributed by atoms with E-state index in [4.69, 9.17) is 18.6 Å². The Morgan fingerprint density at radius 1 is 0.975 bits per heavy atom. The number of fused-ring (bicyclic) bond motifs is 1. The molecule has 10 heteroatoms. The average Bonchev–Trinajstić information content (AvgIpc) is 3.47. The molecule has 2 amide bonds. The minimum Gasteiger partial charge on any atom is -0.497 e. The van der Waals surface area contributed by atoms with Gasteiger partial charge < -0.3 is 28.8 Å². The van der Waals surface area contributed by atoms with Crippen LogP contribution in [0.4, 0.5) is 5.69 Å². The van der Waals surface area contributed by atoms with E-state index in [-0.39, 0.29) is 43.1 Å². The van der Waals surface area contributed by atoms with Crippen LogP contribution < -0.4 is 24.4 Å². The molecule has 40 heavy (non-hydrogen) atoms. The van der Waals surface area contributed by atoms with Crippen LogP contribution in [0.5, 0.6) is 17.2 Å². The zero-order chi connectivity index (χ0) is 27.9. The van der Waals surface area contributed by atoms with Crippen LogP contribution >= 0.6 is 0 Å².